The van der Waals surface area contributed by atoms with Crippen LogP contribution in [-0.2, 0) is 43.2 Å². The summed E-state index contributed by atoms with van der Waals surface area (Å²) < 4.78 is 41.6. The Morgan fingerprint density at radius 1 is 0.970 bits per heavy atom. The lowest BCUT2D eigenvalue weighted by molar-refractivity contribution is -0.142. The Labute approximate surface area is 193 Å². The van der Waals surface area contributed by atoms with Crippen molar-refractivity contribution in [1.29, 1.82) is 0 Å². The summed E-state index contributed by atoms with van der Waals surface area (Å²) in [6.45, 7) is 1.28. The van der Waals surface area contributed by atoms with E-state index in [0.717, 1.165) is 62.1 Å². The number of rotatable bonds is 5. The van der Waals surface area contributed by atoms with E-state index in [4.69, 9.17) is 0 Å². The van der Waals surface area contributed by atoms with E-state index in [9.17, 15) is 22.8 Å². The summed E-state index contributed by atoms with van der Waals surface area (Å²) in [5.41, 5.74) is 4.19. The number of thiophene rings is 1. The Kier molecular flexibility index (Phi) is 5.94. The molecule has 11 heteroatoms. The molecule has 0 saturated carbocycles. The molecule has 2 aromatic heterocycles. The van der Waals surface area contributed by atoms with E-state index in [2.05, 4.69) is 15.8 Å². The second kappa shape index (κ2) is 8.75. The minimum Gasteiger partial charge on any atom is -0.315 e. The second-order valence-corrected chi connectivity index (χ2v) is 9.99. The first kappa shape index (κ1) is 22.4. The third kappa shape index (κ3) is 4.40. The van der Waals surface area contributed by atoms with E-state index in [0.29, 0.717) is 35.5 Å². The molecule has 2 N–H and O–H groups in total. The van der Waals surface area contributed by atoms with E-state index in [1.165, 1.54) is 16.0 Å². The van der Waals surface area contributed by atoms with Gasteiger partial charge >= 0.3 is 6.18 Å². The summed E-state index contributed by atoms with van der Waals surface area (Å²) in [5.74, 6) is -0.712. The van der Waals surface area contributed by atoms with Gasteiger partial charge in [0.2, 0.25) is 5.91 Å². The summed E-state index contributed by atoms with van der Waals surface area (Å²) in [5, 5.41) is 8.91. The van der Waals surface area contributed by atoms with E-state index in [-0.39, 0.29) is 18.0 Å². The van der Waals surface area contributed by atoms with Crippen LogP contribution in [0.1, 0.15) is 69.9 Å². The van der Waals surface area contributed by atoms with Crippen molar-refractivity contribution in [2.24, 2.45) is 0 Å². The van der Waals surface area contributed by atoms with Gasteiger partial charge in [0.15, 0.2) is 5.69 Å². The van der Waals surface area contributed by atoms with Gasteiger partial charge in [-0.05, 0) is 63.4 Å². The number of anilines is 1. The number of nitrogens with zero attached hydrogens (tertiary/aromatic N) is 3. The molecule has 0 spiro atoms. The predicted molar refractivity (Wildman–Crippen MR) is 117 cm³/mol. The SMILES string of the molecule is O=C(Cn1nc(C(F)(F)F)c2c1CCCC2)Nc1sc2c(c1C(=O)NN1CCC1)CCCC2. The zero-order chi connectivity index (χ0) is 23.2. The van der Waals surface area contributed by atoms with Crippen molar-refractivity contribution >= 4 is 28.2 Å². The highest BCUT2D eigenvalue weighted by molar-refractivity contribution is 7.17. The second-order valence-electron chi connectivity index (χ2n) is 8.88. The smallest absolute Gasteiger partial charge is 0.315 e. The van der Waals surface area contributed by atoms with Gasteiger partial charge in [-0.2, -0.15) is 18.3 Å². The highest BCUT2D eigenvalue weighted by Gasteiger charge is 2.39. The number of alkyl halides is 3. The molecule has 7 nitrogen and oxygen atoms in total. The molecule has 0 bridgehead atoms. The van der Waals surface area contributed by atoms with Crippen LogP contribution in [0, 0.1) is 0 Å². The number of hydrogen-bond donors (Lipinski definition) is 2. The number of aromatic nitrogens is 2. The van der Waals surface area contributed by atoms with Crippen molar-refractivity contribution in [2.75, 3.05) is 18.4 Å². The molecule has 5 rings (SSSR count). The van der Waals surface area contributed by atoms with Crippen molar-refractivity contribution < 1.29 is 22.8 Å². The van der Waals surface area contributed by atoms with Gasteiger partial charge in [-0.15, -0.1) is 11.3 Å². The van der Waals surface area contributed by atoms with E-state index < -0.39 is 17.8 Å². The van der Waals surface area contributed by atoms with Crippen LogP contribution < -0.4 is 10.7 Å². The van der Waals surface area contributed by atoms with Crippen LogP contribution in [0.25, 0.3) is 0 Å². The first-order valence-electron chi connectivity index (χ1n) is 11.5. The molecule has 2 amide bonds. The van der Waals surface area contributed by atoms with Crippen LogP contribution >= 0.6 is 11.3 Å². The van der Waals surface area contributed by atoms with Crippen molar-refractivity contribution in [3.05, 3.63) is 33.0 Å². The number of halogens is 3. The maximum absolute atomic E-state index is 13.5. The number of hydrazine groups is 1. The van der Waals surface area contributed by atoms with Gasteiger partial charge in [-0.1, -0.05) is 0 Å². The molecule has 1 aliphatic heterocycles. The Bertz CT molecular complexity index is 1090. The van der Waals surface area contributed by atoms with Gasteiger partial charge in [0.05, 0.1) is 5.56 Å². The maximum Gasteiger partial charge on any atom is 0.435 e. The van der Waals surface area contributed by atoms with Crippen LogP contribution in [-0.4, -0.2) is 39.7 Å². The van der Waals surface area contributed by atoms with E-state index >= 15 is 0 Å². The van der Waals surface area contributed by atoms with E-state index in [1.54, 1.807) is 0 Å². The summed E-state index contributed by atoms with van der Waals surface area (Å²) >= 11 is 1.40. The van der Waals surface area contributed by atoms with Gasteiger partial charge < -0.3 is 5.32 Å². The van der Waals surface area contributed by atoms with Crippen molar-refractivity contribution in [2.45, 2.75) is 70.5 Å². The highest BCUT2D eigenvalue weighted by Crippen LogP contribution is 2.39. The first-order valence-corrected chi connectivity index (χ1v) is 12.3. The molecule has 178 valence electrons. The fraction of sp³-hybridized carbons (Fsp3) is 0.591. The number of aryl methyl sites for hydroxylation is 1. The normalized spacial score (nSPS) is 18.3. The molecule has 1 saturated heterocycles. The topological polar surface area (TPSA) is 79.3 Å². The number of nitrogens with one attached hydrogen (secondary N) is 2. The zero-order valence-electron chi connectivity index (χ0n) is 18.2. The minimum atomic E-state index is -4.54. The number of amides is 2. The molecule has 1 fully saturated rings. The Balaban J connectivity index is 1.39. The number of fused-ring (bicyclic) bond motifs is 2. The molecule has 33 heavy (non-hydrogen) atoms. The molecule has 2 aromatic rings. The van der Waals surface area contributed by atoms with Gasteiger partial charge in [0.25, 0.3) is 5.91 Å². The van der Waals surface area contributed by atoms with Gasteiger partial charge in [0.1, 0.15) is 11.5 Å². The number of carbonyl (C=O) groups excluding carboxylic acids is 2. The van der Waals surface area contributed by atoms with Gasteiger partial charge in [0, 0.05) is 29.2 Å². The van der Waals surface area contributed by atoms with Crippen molar-refractivity contribution in [1.82, 2.24) is 20.2 Å². The van der Waals surface area contributed by atoms with Gasteiger partial charge in [-0.3, -0.25) is 19.7 Å². The average Bonchev–Trinajstić information content (AvgIpc) is 3.29. The average molecular weight is 482 g/mol. The molecule has 0 aromatic carbocycles. The lowest BCUT2D eigenvalue weighted by Gasteiger charge is -2.31. The molecular formula is C22H26F3N5O2S. The van der Waals surface area contributed by atoms with E-state index in [1.807, 2.05) is 5.01 Å². The third-order valence-electron chi connectivity index (χ3n) is 6.59. The highest BCUT2D eigenvalue weighted by atomic mass is 32.1. The quantitative estimate of drug-likeness (QED) is 0.683. The largest absolute Gasteiger partial charge is 0.435 e. The first-order chi connectivity index (χ1) is 15.8. The lowest BCUT2D eigenvalue weighted by Crippen LogP contribution is -2.50. The third-order valence-corrected chi connectivity index (χ3v) is 7.79. The summed E-state index contributed by atoms with van der Waals surface area (Å²) in [7, 11) is 0. The molecule has 0 atom stereocenters. The van der Waals surface area contributed by atoms with Crippen LogP contribution in [0.4, 0.5) is 18.2 Å². The molecule has 2 aliphatic carbocycles. The number of carbonyl (C=O) groups is 2. The van der Waals surface area contributed by atoms with Crippen LogP contribution in [0.2, 0.25) is 0 Å². The fourth-order valence-corrected chi connectivity index (χ4v) is 6.16. The fourth-order valence-electron chi connectivity index (χ4n) is 4.85. The van der Waals surface area contributed by atoms with Crippen LogP contribution in [0.3, 0.4) is 0 Å². The maximum atomic E-state index is 13.5. The monoisotopic (exact) mass is 481 g/mol. The van der Waals surface area contributed by atoms with Crippen molar-refractivity contribution in [3.63, 3.8) is 0 Å². The molecule has 0 radical (unpaired) electrons. The minimum absolute atomic E-state index is 0.211. The molecule has 3 heterocycles. The Morgan fingerprint density at radius 3 is 2.36 bits per heavy atom. The van der Waals surface area contributed by atoms with Crippen LogP contribution in [0.5, 0.6) is 0 Å². The summed E-state index contributed by atoms with van der Waals surface area (Å²) in [4.78, 5) is 27.0. The number of hydrogen-bond acceptors (Lipinski definition) is 5. The molecule has 3 aliphatic rings. The lowest BCUT2D eigenvalue weighted by atomic mass is 9.95. The summed E-state index contributed by atoms with van der Waals surface area (Å²) in [6, 6.07) is 0. The Morgan fingerprint density at radius 2 is 1.67 bits per heavy atom. The van der Waals surface area contributed by atoms with Gasteiger partial charge in [-0.25, -0.2) is 5.01 Å². The Hall–Kier alpha value is -2.40. The molecular weight excluding hydrogens is 455 g/mol. The van der Waals surface area contributed by atoms with Crippen LogP contribution in [0.15, 0.2) is 0 Å². The predicted octanol–water partition coefficient (Wildman–Crippen LogP) is 3.71. The van der Waals surface area contributed by atoms with Crippen molar-refractivity contribution in [3.8, 4) is 0 Å². The summed E-state index contributed by atoms with van der Waals surface area (Å²) in [6.07, 6.45) is 2.41. The standard InChI is InChI=1S/C22H26F3N5O2S/c23-22(24,25)19-13-6-1-3-8-15(13)30(27-19)12-17(31)26-21-18(20(32)28-29-10-5-11-29)14-7-2-4-9-16(14)33-21/h1-12H2,(H,26,31)(H,28,32). The zero-order valence-corrected chi connectivity index (χ0v) is 19.0. The molecule has 0 unspecified atom stereocenters.